The van der Waals surface area contributed by atoms with Crippen LogP contribution < -0.4 is 10.5 Å². The molecule has 7 heteroatoms. The van der Waals surface area contributed by atoms with Gasteiger partial charge in [0.25, 0.3) is 0 Å². The van der Waals surface area contributed by atoms with E-state index in [-0.39, 0.29) is 16.8 Å². The van der Waals surface area contributed by atoms with Crippen molar-refractivity contribution in [2.24, 2.45) is 13.0 Å². The van der Waals surface area contributed by atoms with Crippen molar-refractivity contribution in [2.45, 2.75) is 43.5 Å². The number of aryl methyl sites for hydroxylation is 1. The predicted molar refractivity (Wildman–Crippen MR) is 69.4 cm³/mol. The van der Waals surface area contributed by atoms with E-state index in [1.807, 2.05) is 0 Å². The zero-order valence-electron chi connectivity index (χ0n) is 10.8. The van der Waals surface area contributed by atoms with Crippen LogP contribution in [0, 0.1) is 5.92 Å². The Bertz CT molecular complexity index is 523. The molecule has 1 aromatic heterocycles. The van der Waals surface area contributed by atoms with E-state index in [1.165, 1.54) is 17.3 Å². The molecule has 1 saturated carbocycles. The van der Waals surface area contributed by atoms with Crippen molar-refractivity contribution in [3.63, 3.8) is 0 Å². The number of sulfonamides is 1. The molecule has 0 spiro atoms. The van der Waals surface area contributed by atoms with Gasteiger partial charge in [-0.25, -0.2) is 13.1 Å². The molecular weight excluding hydrogens is 252 g/mol. The fourth-order valence-corrected chi connectivity index (χ4v) is 3.93. The molecule has 1 heterocycles. The van der Waals surface area contributed by atoms with Crippen LogP contribution in [0.1, 0.15) is 32.6 Å². The van der Waals surface area contributed by atoms with Crippen LogP contribution in [0.4, 0.5) is 5.82 Å². The topological polar surface area (TPSA) is 90.0 Å². The van der Waals surface area contributed by atoms with Crippen molar-refractivity contribution in [3.8, 4) is 0 Å². The number of hydrogen-bond acceptors (Lipinski definition) is 4. The molecule has 2 atom stereocenters. The first-order valence-corrected chi connectivity index (χ1v) is 7.70. The molecule has 2 unspecified atom stereocenters. The standard InChI is InChI=1S/C11H20N4O2S/c1-8-5-3-4-6-9(8)14-18(16,17)10-7-15(2)13-11(10)12/h7-9,14H,3-6H2,1-2H3,(H2,12,13). The molecule has 102 valence electrons. The molecule has 0 amide bonds. The number of anilines is 1. The molecule has 2 rings (SSSR count). The molecule has 0 aliphatic heterocycles. The number of nitrogens with one attached hydrogen (secondary N) is 1. The van der Waals surface area contributed by atoms with Crippen molar-refractivity contribution in [3.05, 3.63) is 6.20 Å². The van der Waals surface area contributed by atoms with Crippen molar-refractivity contribution < 1.29 is 8.42 Å². The van der Waals surface area contributed by atoms with Crippen LogP contribution in [0.25, 0.3) is 0 Å². The van der Waals surface area contributed by atoms with Gasteiger partial charge in [0.15, 0.2) is 5.82 Å². The van der Waals surface area contributed by atoms with Crippen LogP contribution in [-0.2, 0) is 17.1 Å². The smallest absolute Gasteiger partial charge is 0.246 e. The summed E-state index contributed by atoms with van der Waals surface area (Å²) in [4.78, 5) is 0.0720. The maximum Gasteiger partial charge on any atom is 0.246 e. The van der Waals surface area contributed by atoms with Gasteiger partial charge in [-0.15, -0.1) is 0 Å². The van der Waals surface area contributed by atoms with Crippen LogP contribution in [-0.4, -0.2) is 24.2 Å². The highest BCUT2D eigenvalue weighted by atomic mass is 32.2. The maximum absolute atomic E-state index is 12.2. The van der Waals surface area contributed by atoms with E-state index >= 15 is 0 Å². The van der Waals surface area contributed by atoms with Gasteiger partial charge in [-0.05, 0) is 18.8 Å². The highest BCUT2D eigenvalue weighted by Gasteiger charge is 2.28. The number of rotatable bonds is 3. The van der Waals surface area contributed by atoms with E-state index < -0.39 is 10.0 Å². The Kier molecular flexibility index (Phi) is 3.63. The van der Waals surface area contributed by atoms with E-state index in [2.05, 4.69) is 16.7 Å². The van der Waals surface area contributed by atoms with Gasteiger partial charge in [-0.2, -0.15) is 5.10 Å². The minimum Gasteiger partial charge on any atom is -0.381 e. The Hall–Kier alpha value is -1.08. The second-order valence-electron chi connectivity index (χ2n) is 5.04. The summed E-state index contributed by atoms with van der Waals surface area (Å²) in [6, 6.07) is 0.00311. The molecule has 1 fully saturated rings. The lowest BCUT2D eigenvalue weighted by Crippen LogP contribution is -2.41. The minimum atomic E-state index is -3.56. The summed E-state index contributed by atoms with van der Waals surface area (Å²) in [5.74, 6) is 0.417. The van der Waals surface area contributed by atoms with Gasteiger partial charge in [0.05, 0.1) is 0 Å². The quantitative estimate of drug-likeness (QED) is 0.854. The van der Waals surface area contributed by atoms with Crippen molar-refractivity contribution >= 4 is 15.8 Å². The van der Waals surface area contributed by atoms with Crippen LogP contribution in [0.2, 0.25) is 0 Å². The first-order valence-electron chi connectivity index (χ1n) is 6.21. The van der Waals surface area contributed by atoms with Crippen LogP contribution in [0.5, 0.6) is 0 Å². The zero-order valence-corrected chi connectivity index (χ0v) is 11.6. The molecule has 6 nitrogen and oxygen atoms in total. The SMILES string of the molecule is CC1CCCCC1NS(=O)(=O)c1cn(C)nc1N. The molecule has 3 N–H and O–H groups in total. The molecule has 18 heavy (non-hydrogen) atoms. The van der Waals surface area contributed by atoms with Gasteiger partial charge in [0, 0.05) is 19.3 Å². The first kappa shape index (κ1) is 13.4. The number of nitrogens with two attached hydrogens (primary N) is 1. The van der Waals surface area contributed by atoms with Gasteiger partial charge in [-0.3, -0.25) is 4.68 Å². The third-order valence-electron chi connectivity index (χ3n) is 3.53. The number of nitrogens with zero attached hydrogens (tertiary/aromatic N) is 2. The second-order valence-corrected chi connectivity index (χ2v) is 6.72. The summed E-state index contributed by atoms with van der Waals surface area (Å²) >= 11 is 0. The fraction of sp³-hybridized carbons (Fsp3) is 0.727. The molecule has 1 aliphatic rings. The summed E-state index contributed by atoms with van der Waals surface area (Å²) in [5, 5.41) is 3.86. The first-order chi connectivity index (χ1) is 8.40. The molecule has 0 bridgehead atoms. The maximum atomic E-state index is 12.2. The lowest BCUT2D eigenvalue weighted by molar-refractivity contribution is 0.310. The van der Waals surface area contributed by atoms with Crippen LogP contribution in [0.3, 0.4) is 0 Å². The number of hydrogen-bond donors (Lipinski definition) is 2. The molecule has 0 saturated heterocycles. The van der Waals surface area contributed by atoms with Crippen molar-refractivity contribution in [1.29, 1.82) is 0 Å². The summed E-state index contributed by atoms with van der Waals surface area (Å²) in [7, 11) is -1.91. The summed E-state index contributed by atoms with van der Waals surface area (Å²) < 4.78 is 28.6. The Labute approximate surface area is 108 Å². The van der Waals surface area contributed by atoms with Crippen LogP contribution >= 0.6 is 0 Å². The van der Waals surface area contributed by atoms with E-state index in [0.717, 1.165) is 19.3 Å². The van der Waals surface area contributed by atoms with Crippen molar-refractivity contribution in [2.75, 3.05) is 5.73 Å². The van der Waals surface area contributed by atoms with E-state index in [4.69, 9.17) is 5.73 Å². The third kappa shape index (κ3) is 2.67. The number of aromatic nitrogens is 2. The fourth-order valence-electron chi connectivity index (χ4n) is 2.45. The Balaban J connectivity index is 2.19. The molecule has 1 aromatic rings. The molecule has 0 aromatic carbocycles. The summed E-state index contributed by atoms with van der Waals surface area (Å²) in [6.07, 6.45) is 5.63. The van der Waals surface area contributed by atoms with Gasteiger partial charge in [0.1, 0.15) is 4.90 Å². The second kappa shape index (κ2) is 4.89. The van der Waals surface area contributed by atoms with Crippen molar-refractivity contribution in [1.82, 2.24) is 14.5 Å². The Morgan fingerprint density at radius 2 is 2.11 bits per heavy atom. The average molecular weight is 272 g/mol. The van der Waals surface area contributed by atoms with Gasteiger partial charge < -0.3 is 5.73 Å². The highest BCUT2D eigenvalue weighted by molar-refractivity contribution is 7.89. The zero-order chi connectivity index (χ0) is 13.3. The van der Waals surface area contributed by atoms with E-state index in [1.54, 1.807) is 7.05 Å². The van der Waals surface area contributed by atoms with Gasteiger partial charge in [-0.1, -0.05) is 19.8 Å². The van der Waals surface area contributed by atoms with Crippen LogP contribution in [0.15, 0.2) is 11.1 Å². The average Bonchev–Trinajstić information content (AvgIpc) is 2.62. The Morgan fingerprint density at radius 3 is 2.67 bits per heavy atom. The number of nitrogen functional groups attached to an aromatic ring is 1. The monoisotopic (exact) mass is 272 g/mol. The predicted octanol–water partition coefficient (Wildman–Crippen LogP) is 0.859. The lowest BCUT2D eigenvalue weighted by atomic mass is 9.87. The largest absolute Gasteiger partial charge is 0.381 e. The normalized spacial score (nSPS) is 25.2. The summed E-state index contributed by atoms with van der Waals surface area (Å²) in [5.41, 5.74) is 5.62. The Morgan fingerprint density at radius 1 is 1.44 bits per heavy atom. The van der Waals surface area contributed by atoms with Gasteiger partial charge in [0.2, 0.25) is 10.0 Å². The third-order valence-corrected chi connectivity index (χ3v) is 5.04. The molecule has 1 aliphatic carbocycles. The van der Waals surface area contributed by atoms with E-state index in [9.17, 15) is 8.42 Å². The molecule has 0 radical (unpaired) electrons. The lowest BCUT2D eigenvalue weighted by Gasteiger charge is -2.29. The molecular formula is C11H20N4O2S. The minimum absolute atomic E-state index is 0.00311. The summed E-state index contributed by atoms with van der Waals surface area (Å²) in [6.45, 7) is 2.08. The van der Waals surface area contributed by atoms with E-state index in [0.29, 0.717) is 5.92 Å². The van der Waals surface area contributed by atoms with Gasteiger partial charge >= 0.3 is 0 Å². The highest BCUT2D eigenvalue weighted by Crippen LogP contribution is 2.26.